The number of hydrogen-bond donors (Lipinski definition) is 1. The number of anilines is 1. The Morgan fingerprint density at radius 1 is 1.42 bits per heavy atom. The van der Waals surface area contributed by atoms with E-state index >= 15 is 0 Å². The molecule has 2 saturated heterocycles. The Balaban J connectivity index is 1.96. The van der Waals surface area contributed by atoms with Crippen molar-refractivity contribution < 1.29 is 0 Å². The first-order valence-electron chi connectivity index (χ1n) is 7.29. The molecule has 0 radical (unpaired) electrons. The van der Waals surface area contributed by atoms with Crippen LogP contribution in [0.15, 0.2) is 17.2 Å². The molecule has 5 heteroatoms. The van der Waals surface area contributed by atoms with Crippen molar-refractivity contribution in [2.45, 2.75) is 32.9 Å². The molecule has 0 spiro atoms. The summed E-state index contributed by atoms with van der Waals surface area (Å²) in [7, 11) is 0. The summed E-state index contributed by atoms with van der Waals surface area (Å²) in [5.74, 6) is 1.98. The summed E-state index contributed by atoms with van der Waals surface area (Å²) in [6, 6.07) is 0.452. The SMILES string of the molecule is CCC1C2CNCC2CN1c1nccn(CC)c1=O. The van der Waals surface area contributed by atoms with Gasteiger partial charge in [0, 0.05) is 44.6 Å². The molecule has 2 fully saturated rings. The predicted molar refractivity (Wildman–Crippen MR) is 75.4 cm³/mol. The molecule has 0 saturated carbocycles. The van der Waals surface area contributed by atoms with Gasteiger partial charge in [-0.1, -0.05) is 6.92 Å². The fraction of sp³-hybridized carbons (Fsp3) is 0.714. The van der Waals surface area contributed by atoms with Crippen LogP contribution in [0.4, 0.5) is 5.82 Å². The molecule has 0 aliphatic carbocycles. The zero-order chi connectivity index (χ0) is 13.4. The van der Waals surface area contributed by atoms with E-state index in [1.54, 1.807) is 17.0 Å². The Morgan fingerprint density at radius 2 is 2.26 bits per heavy atom. The average molecular weight is 262 g/mol. The first kappa shape index (κ1) is 12.7. The van der Waals surface area contributed by atoms with E-state index in [4.69, 9.17) is 0 Å². The van der Waals surface area contributed by atoms with Crippen LogP contribution in [0, 0.1) is 11.8 Å². The number of nitrogens with one attached hydrogen (secondary N) is 1. The molecular formula is C14H22N4O. The van der Waals surface area contributed by atoms with Crippen LogP contribution in [0.25, 0.3) is 0 Å². The minimum absolute atomic E-state index is 0.0522. The highest BCUT2D eigenvalue weighted by molar-refractivity contribution is 5.40. The van der Waals surface area contributed by atoms with Crippen molar-refractivity contribution >= 4 is 5.82 Å². The molecule has 2 aliphatic rings. The van der Waals surface area contributed by atoms with Gasteiger partial charge < -0.3 is 14.8 Å². The van der Waals surface area contributed by atoms with E-state index < -0.39 is 0 Å². The van der Waals surface area contributed by atoms with Crippen LogP contribution in [-0.2, 0) is 6.54 Å². The van der Waals surface area contributed by atoms with Crippen molar-refractivity contribution in [3.05, 3.63) is 22.7 Å². The van der Waals surface area contributed by atoms with Gasteiger partial charge in [-0.25, -0.2) is 4.98 Å². The molecule has 5 nitrogen and oxygen atoms in total. The maximum atomic E-state index is 12.4. The molecule has 1 aromatic heterocycles. The third-order valence-electron chi connectivity index (χ3n) is 4.64. The summed E-state index contributed by atoms with van der Waals surface area (Å²) >= 11 is 0. The first-order chi connectivity index (χ1) is 9.26. The maximum Gasteiger partial charge on any atom is 0.293 e. The van der Waals surface area contributed by atoms with Crippen LogP contribution < -0.4 is 15.8 Å². The summed E-state index contributed by atoms with van der Waals surface area (Å²) in [6.07, 6.45) is 4.59. The number of fused-ring (bicyclic) bond motifs is 1. The molecule has 2 aliphatic heterocycles. The molecule has 104 valence electrons. The quantitative estimate of drug-likeness (QED) is 0.871. The first-order valence-corrected chi connectivity index (χ1v) is 7.29. The van der Waals surface area contributed by atoms with Gasteiger partial charge in [-0.3, -0.25) is 4.79 Å². The molecule has 1 N–H and O–H groups in total. The summed E-state index contributed by atoms with van der Waals surface area (Å²) < 4.78 is 1.74. The molecule has 3 heterocycles. The second-order valence-corrected chi connectivity index (χ2v) is 5.55. The number of nitrogens with zero attached hydrogens (tertiary/aromatic N) is 3. The topological polar surface area (TPSA) is 50.2 Å². The Kier molecular flexibility index (Phi) is 3.31. The van der Waals surface area contributed by atoms with Gasteiger partial charge >= 0.3 is 0 Å². The minimum Gasteiger partial charge on any atom is -0.348 e. The van der Waals surface area contributed by atoms with Gasteiger partial charge in [0.15, 0.2) is 5.82 Å². The highest BCUT2D eigenvalue weighted by Gasteiger charge is 2.44. The largest absolute Gasteiger partial charge is 0.348 e. The van der Waals surface area contributed by atoms with E-state index in [1.165, 1.54) is 0 Å². The standard InChI is InChI=1S/C14H22N4O/c1-3-12-11-8-15-7-10(11)9-18(12)13-14(19)17(4-2)6-5-16-13/h5-6,10-12,15H,3-4,7-9H2,1-2H3. The lowest BCUT2D eigenvalue weighted by molar-refractivity contribution is 0.441. The molecule has 19 heavy (non-hydrogen) atoms. The van der Waals surface area contributed by atoms with Gasteiger partial charge in [0.2, 0.25) is 0 Å². The van der Waals surface area contributed by atoms with Crippen molar-refractivity contribution in [3.8, 4) is 0 Å². The summed E-state index contributed by atoms with van der Waals surface area (Å²) in [6.45, 7) is 8.02. The number of aromatic nitrogens is 2. The highest BCUT2D eigenvalue weighted by Crippen LogP contribution is 2.35. The average Bonchev–Trinajstić information content (AvgIpc) is 2.99. The van der Waals surface area contributed by atoms with Crippen molar-refractivity contribution in [1.29, 1.82) is 0 Å². The second kappa shape index (κ2) is 4.96. The normalized spacial score (nSPS) is 29.8. The van der Waals surface area contributed by atoms with Gasteiger partial charge in [0.25, 0.3) is 5.56 Å². The fourth-order valence-electron chi connectivity index (χ4n) is 3.67. The van der Waals surface area contributed by atoms with Crippen molar-refractivity contribution in [3.63, 3.8) is 0 Å². The Hall–Kier alpha value is -1.36. The van der Waals surface area contributed by atoms with Crippen LogP contribution >= 0.6 is 0 Å². The third kappa shape index (κ3) is 1.96. The van der Waals surface area contributed by atoms with E-state index in [2.05, 4.69) is 22.1 Å². The Labute approximate surface area is 113 Å². The van der Waals surface area contributed by atoms with Crippen molar-refractivity contribution in [1.82, 2.24) is 14.9 Å². The molecule has 0 amide bonds. The summed E-state index contributed by atoms with van der Waals surface area (Å²) in [5.41, 5.74) is 0.0522. The van der Waals surface area contributed by atoms with Crippen LogP contribution in [0.2, 0.25) is 0 Å². The summed E-state index contributed by atoms with van der Waals surface area (Å²) in [5, 5.41) is 3.47. The van der Waals surface area contributed by atoms with Gasteiger partial charge in [-0.15, -0.1) is 0 Å². The molecule has 1 aromatic rings. The monoisotopic (exact) mass is 262 g/mol. The van der Waals surface area contributed by atoms with E-state index in [9.17, 15) is 4.79 Å². The van der Waals surface area contributed by atoms with E-state index in [0.717, 1.165) is 26.1 Å². The Morgan fingerprint density at radius 3 is 3.00 bits per heavy atom. The molecule has 3 atom stereocenters. The lowest BCUT2D eigenvalue weighted by Gasteiger charge is -2.27. The molecule has 3 unspecified atom stereocenters. The van der Waals surface area contributed by atoms with Gasteiger partial charge in [0.05, 0.1) is 0 Å². The summed E-state index contributed by atoms with van der Waals surface area (Å²) in [4.78, 5) is 19.0. The molecule has 0 aromatic carbocycles. The van der Waals surface area contributed by atoms with E-state index in [1.807, 2.05) is 6.92 Å². The van der Waals surface area contributed by atoms with Crippen molar-refractivity contribution in [2.75, 3.05) is 24.5 Å². The molecular weight excluding hydrogens is 240 g/mol. The zero-order valence-corrected chi connectivity index (χ0v) is 11.7. The van der Waals surface area contributed by atoms with Crippen LogP contribution in [0.1, 0.15) is 20.3 Å². The fourth-order valence-corrected chi connectivity index (χ4v) is 3.67. The van der Waals surface area contributed by atoms with Gasteiger partial charge in [-0.2, -0.15) is 0 Å². The Bertz CT molecular complexity index is 512. The van der Waals surface area contributed by atoms with Crippen LogP contribution in [-0.4, -0.2) is 35.2 Å². The van der Waals surface area contributed by atoms with Crippen LogP contribution in [0.3, 0.4) is 0 Å². The molecule has 0 bridgehead atoms. The van der Waals surface area contributed by atoms with Gasteiger partial charge in [-0.05, 0) is 25.2 Å². The second-order valence-electron chi connectivity index (χ2n) is 5.55. The number of hydrogen-bond acceptors (Lipinski definition) is 4. The lowest BCUT2D eigenvalue weighted by atomic mass is 9.93. The smallest absolute Gasteiger partial charge is 0.293 e. The van der Waals surface area contributed by atoms with Gasteiger partial charge in [0.1, 0.15) is 0 Å². The number of aryl methyl sites for hydroxylation is 1. The maximum absolute atomic E-state index is 12.4. The number of rotatable bonds is 3. The van der Waals surface area contributed by atoms with E-state index in [-0.39, 0.29) is 5.56 Å². The minimum atomic E-state index is 0.0522. The third-order valence-corrected chi connectivity index (χ3v) is 4.64. The zero-order valence-electron chi connectivity index (χ0n) is 11.7. The molecule has 3 rings (SSSR count). The van der Waals surface area contributed by atoms with E-state index in [0.29, 0.717) is 30.2 Å². The predicted octanol–water partition coefficient (Wildman–Crippen LogP) is 0.697. The van der Waals surface area contributed by atoms with Crippen molar-refractivity contribution in [2.24, 2.45) is 11.8 Å². The lowest BCUT2D eigenvalue weighted by Crippen LogP contribution is -2.40. The van der Waals surface area contributed by atoms with Crippen LogP contribution in [0.5, 0.6) is 0 Å². The highest BCUT2D eigenvalue weighted by atomic mass is 16.1.